The fourth-order valence-corrected chi connectivity index (χ4v) is 3.97. The highest BCUT2D eigenvalue weighted by Gasteiger charge is 2.14. The number of benzene rings is 2. The van der Waals surface area contributed by atoms with Crippen molar-refractivity contribution in [3.8, 4) is 0 Å². The Morgan fingerprint density at radius 1 is 1.15 bits per heavy atom. The van der Waals surface area contributed by atoms with Crippen LogP contribution in [0.4, 0.5) is 5.69 Å². The van der Waals surface area contributed by atoms with Crippen LogP contribution in [0.3, 0.4) is 0 Å². The zero-order valence-electron chi connectivity index (χ0n) is 18.1. The van der Waals surface area contributed by atoms with Crippen LogP contribution >= 0.6 is 11.8 Å². The molecule has 0 fully saturated rings. The number of aromatic amines is 1. The van der Waals surface area contributed by atoms with E-state index in [4.69, 9.17) is 0 Å². The summed E-state index contributed by atoms with van der Waals surface area (Å²) in [6.07, 6.45) is 3.50. The van der Waals surface area contributed by atoms with Crippen molar-refractivity contribution in [1.82, 2.24) is 24.4 Å². The molecule has 0 saturated heterocycles. The van der Waals surface area contributed by atoms with Gasteiger partial charge < -0.3 is 19.8 Å². The van der Waals surface area contributed by atoms with Crippen molar-refractivity contribution in [2.24, 2.45) is 7.05 Å². The summed E-state index contributed by atoms with van der Waals surface area (Å²) in [6, 6.07) is 13.7. The minimum Gasteiger partial charge on any atom is -0.334 e. The number of thioether (sulfide) groups is 1. The lowest BCUT2D eigenvalue weighted by atomic mass is 10.2. The molecule has 2 aromatic carbocycles. The molecule has 0 aliphatic rings. The smallest absolute Gasteiger partial charge is 0.258 e. The average molecular weight is 463 g/mol. The first-order valence-corrected chi connectivity index (χ1v) is 11.1. The SMILES string of the molecule is CN(Cc1nc2ccccc2c(=O)[nH]1)C(=O)c1ccc(NC(=O)CSc2nccn2C)cc1. The Labute approximate surface area is 193 Å². The van der Waals surface area contributed by atoms with Gasteiger partial charge in [-0.25, -0.2) is 9.97 Å². The fourth-order valence-electron chi connectivity index (χ4n) is 3.24. The highest BCUT2D eigenvalue weighted by Crippen LogP contribution is 2.16. The quantitative estimate of drug-likeness (QED) is 0.408. The molecule has 10 heteroatoms. The number of hydrogen-bond donors (Lipinski definition) is 2. The summed E-state index contributed by atoms with van der Waals surface area (Å²) in [7, 11) is 3.51. The molecular weight excluding hydrogens is 440 g/mol. The van der Waals surface area contributed by atoms with Gasteiger partial charge in [0.25, 0.3) is 11.5 Å². The van der Waals surface area contributed by atoms with E-state index < -0.39 is 0 Å². The third-order valence-corrected chi connectivity index (χ3v) is 5.98. The van der Waals surface area contributed by atoms with Gasteiger partial charge in [-0.1, -0.05) is 23.9 Å². The van der Waals surface area contributed by atoms with Gasteiger partial charge in [0.15, 0.2) is 5.16 Å². The number of imidazole rings is 1. The first-order valence-electron chi connectivity index (χ1n) is 10.1. The molecule has 0 saturated carbocycles. The number of nitrogens with one attached hydrogen (secondary N) is 2. The first kappa shape index (κ1) is 22.3. The van der Waals surface area contributed by atoms with E-state index in [1.165, 1.54) is 16.7 Å². The van der Waals surface area contributed by atoms with E-state index in [0.29, 0.717) is 28.0 Å². The molecule has 4 rings (SSSR count). The number of aromatic nitrogens is 4. The molecule has 0 aliphatic heterocycles. The molecular formula is C23H22N6O3S. The van der Waals surface area contributed by atoms with Gasteiger partial charge in [0.1, 0.15) is 5.82 Å². The van der Waals surface area contributed by atoms with Crippen LogP contribution in [-0.4, -0.2) is 49.0 Å². The third kappa shape index (κ3) is 5.29. The molecule has 2 amide bonds. The lowest BCUT2D eigenvalue weighted by molar-refractivity contribution is -0.113. The van der Waals surface area contributed by atoms with E-state index in [-0.39, 0.29) is 29.7 Å². The monoisotopic (exact) mass is 462 g/mol. The Balaban J connectivity index is 1.36. The van der Waals surface area contributed by atoms with Gasteiger partial charge >= 0.3 is 0 Å². The standard InChI is InChI=1S/C23H22N6O3S/c1-28-12-11-24-23(28)33-14-20(30)25-16-9-7-15(8-10-16)22(32)29(2)13-19-26-18-6-4-3-5-17(18)21(31)27-19/h3-12H,13-14H2,1-2H3,(H,25,30)(H,26,27,31). The Morgan fingerprint density at radius 3 is 2.64 bits per heavy atom. The average Bonchev–Trinajstić information content (AvgIpc) is 3.22. The summed E-state index contributed by atoms with van der Waals surface area (Å²) in [6.45, 7) is 0.155. The summed E-state index contributed by atoms with van der Waals surface area (Å²) >= 11 is 1.34. The van der Waals surface area contributed by atoms with Crippen LogP contribution in [0.15, 0.2) is 70.9 Å². The van der Waals surface area contributed by atoms with Gasteiger partial charge in [-0.2, -0.15) is 0 Å². The molecule has 9 nitrogen and oxygen atoms in total. The minimum atomic E-state index is -0.238. The van der Waals surface area contributed by atoms with Crippen LogP contribution in [-0.2, 0) is 18.4 Å². The molecule has 2 N–H and O–H groups in total. The van der Waals surface area contributed by atoms with Crippen LogP contribution < -0.4 is 10.9 Å². The van der Waals surface area contributed by atoms with Gasteiger partial charge in [0.2, 0.25) is 5.91 Å². The highest BCUT2D eigenvalue weighted by atomic mass is 32.2. The van der Waals surface area contributed by atoms with Gasteiger partial charge in [0, 0.05) is 37.7 Å². The van der Waals surface area contributed by atoms with Crippen LogP contribution in [0.25, 0.3) is 10.9 Å². The summed E-state index contributed by atoms with van der Waals surface area (Å²) < 4.78 is 1.85. The van der Waals surface area contributed by atoms with Crippen molar-refractivity contribution in [1.29, 1.82) is 0 Å². The van der Waals surface area contributed by atoms with Crippen molar-refractivity contribution in [3.05, 3.63) is 82.7 Å². The largest absolute Gasteiger partial charge is 0.334 e. The Morgan fingerprint density at radius 2 is 1.91 bits per heavy atom. The third-order valence-electron chi connectivity index (χ3n) is 4.92. The van der Waals surface area contributed by atoms with Gasteiger partial charge in [0.05, 0.1) is 23.2 Å². The second-order valence-electron chi connectivity index (χ2n) is 7.43. The molecule has 168 valence electrons. The van der Waals surface area contributed by atoms with Crippen molar-refractivity contribution in [3.63, 3.8) is 0 Å². The Bertz CT molecular complexity index is 1360. The van der Waals surface area contributed by atoms with Crippen molar-refractivity contribution in [2.45, 2.75) is 11.7 Å². The van der Waals surface area contributed by atoms with Crippen LogP contribution in [0.2, 0.25) is 0 Å². The Hall–Kier alpha value is -3.92. The normalized spacial score (nSPS) is 10.8. The van der Waals surface area contributed by atoms with Gasteiger partial charge in [-0.05, 0) is 36.4 Å². The summed E-state index contributed by atoms with van der Waals surface area (Å²) in [5.74, 6) is 0.244. The molecule has 2 aromatic heterocycles. The summed E-state index contributed by atoms with van der Waals surface area (Å²) in [4.78, 5) is 50.0. The molecule has 0 spiro atoms. The number of carbonyl (C=O) groups excluding carboxylic acids is 2. The predicted molar refractivity (Wildman–Crippen MR) is 127 cm³/mol. The molecule has 0 radical (unpaired) electrons. The highest BCUT2D eigenvalue weighted by molar-refractivity contribution is 7.99. The number of H-pyrrole nitrogens is 1. The van der Waals surface area contributed by atoms with Gasteiger partial charge in [-0.3, -0.25) is 14.4 Å². The number of rotatable bonds is 7. The van der Waals surface area contributed by atoms with E-state index in [1.54, 1.807) is 55.7 Å². The Kier molecular flexibility index (Phi) is 6.55. The summed E-state index contributed by atoms with van der Waals surface area (Å²) in [5, 5.41) is 4.08. The van der Waals surface area contributed by atoms with E-state index in [0.717, 1.165) is 5.16 Å². The lowest BCUT2D eigenvalue weighted by Crippen LogP contribution is -2.28. The first-order chi connectivity index (χ1) is 15.9. The zero-order chi connectivity index (χ0) is 23.4. The van der Waals surface area contributed by atoms with Crippen LogP contribution in [0.1, 0.15) is 16.2 Å². The number of fused-ring (bicyclic) bond motifs is 1. The van der Waals surface area contributed by atoms with E-state index in [1.807, 2.05) is 23.9 Å². The van der Waals surface area contributed by atoms with Crippen LogP contribution in [0.5, 0.6) is 0 Å². The van der Waals surface area contributed by atoms with Crippen molar-refractivity contribution in [2.75, 3.05) is 18.1 Å². The maximum absolute atomic E-state index is 12.8. The molecule has 33 heavy (non-hydrogen) atoms. The molecule has 4 aromatic rings. The van der Waals surface area contributed by atoms with E-state index >= 15 is 0 Å². The molecule has 0 bridgehead atoms. The number of para-hydroxylation sites is 1. The second-order valence-corrected chi connectivity index (χ2v) is 8.37. The number of amides is 2. The van der Waals surface area contributed by atoms with Crippen molar-refractivity contribution < 1.29 is 9.59 Å². The minimum absolute atomic E-state index is 0.155. The topological polar surface area (TPSA) is 113 Å². The van der Waals surface area contributed by atoms with Gasteiger partial charge in [-0.15, -0.1) is 0 Å². The number of anilines is 1. The van der Waals surface area contributed by atoms with E-state index in [2.05, 4.69) is 20.3 Å². The molecule has 0 unspecified atom stereocenters. The number of aryl methyl sites for hydroxylation is 1. The molecule has 0 atom stereocenters. The van der Waals surface area contributed by atoms with Crippen molar-refractivity contribution >= 4 is 40.2 Å². The predicted octanol–water partition coefficient (Wildman–Crippen LogP) is 2.66. The maximum atomic E-state index is 12.8. The summed E-state index contributed by atoms with van der Waals surface area (Å²) in [5.41, 5.74) is 1.40. The van der Waals surface area contributed by atoms with E-state index in [9.17, 15) is 14.4 Å². The second kappa shape index (κ2) is 9.70. The maximum Gasteiger partial charge on any atom is 0.258 e. The molecule has 2 heterocycles. The number of nitrogens with zero attached hydrogens (tertiary/aromatic N) is 4. The number of hydrogen-bond acceptors (Lipinski definition) is 6. The fraction of sp³-hybridized carbons (Fsp3) is 0.174. The number of carbonyl (C=O) groups is 2. The lowest BCUT2D eigenvalue weighted by Gasteiger charge is -2.17. The van der Waals surface area contributed by atoms with Crippen LogP contribution in [0, 0.1) is 0 Å². The molecule has 0 aliphatic carbocycles. The zero-order valence-corrected chi connectivity index (χ0v) is 18.9.